The highest BCUT2D eigenvalue weighted by molar-refractivity contribution is 5.32. The number of nitrogens with one attached hydrogen (secondary N) is 1. The smallest absolute Gasteiger partial charge is 0.422 e. The van der Waals surface area contributed by atoms with E-state index in [9.17, 15) is 32.3 Å². The molecule has 0 unspecified atom stereocenters. The maximum Gasteiger partial charge on any atom is 0.422 e. The predicted molar refractivity (Wildman–Crippen MR) is 113 cm³/mol. The van der Waals surface area contributed by atoms with Crippen molar-refractivity contribution in [3.63, 3.8) is 0 Å². The fourth-order valence-corrected chi connectivity index (χ4v) is 3.22. The van der Waals surface area contributed by atoms with Gasteiger partial charge in [0, 0.05) is 6.42 Å². The Bertz CT molecular complexity index is 1260. The average molecular weight is 501 g/mol. The number of halogens is 4. The van der Waals surface area contributed by atoms with Crippen LogP contribution in [0.2, 0.25) is 0 Å². The van der Waals surface area contributed by atoms with E-state index in [0.29, 0.717) is 11.3 Å². The van der Waals surface area contributed by atoms with E-state index in [2.05, 4.69) is 10.3 Å². The second-order valence-electron chi connectivity index (χ2n) is 7.69. The fourth-order valence-electron chi connectivity index (χ4n) is 3.22. The van der Waals surface area contributed by atoms with Crippen molar-refractivity contribution >= 4 is 0 Å². The Labute approximate surface area is 195 Å². The zero-order valence-electron chi connectivity index (χ0n) is 18.6. The van der Waals surface area contributed by atoms with E-state index in [1.807, 2.05) is 4.98 Å². The van der Waals surface area contributed by atoms with Crippen LogP contribution < -0.4 is 16.0 Å². The summed E-state index contributed by atoms with van der Waals surface area (Å²) in [7, 11) is 0. The van der Waals surface area contributed by atoms with Gasteiger partial charge in [0.05, 0.1) is 31.2 Å². The van der Waals surface area contributed by atoms with Crippen molar-refractivity contribution in [1.29, 1.82) is 0 Å². The third kappa shape index (κ3) is 6.99. The Morgan fingerprint density at radius 3 is 2.71 bits per heavy atom. The first kappa shape index (κ1) is 26.1. The monoisotopic (exact) mass is 501 g/mol. The second-order valence-corrected chi connectivity index (χ2v) is 7.69. The number of aromatic nitrogens is 5. The molecule has 3 aromatic rings. The van der Waals surface area contributed by atoms with E-state index in [0.717, 1.165) is 10.8 Å². The van der Waals surface area contributed by atoms with E-state index in [1.54, 1.807) is 13.0 Å². The molecule has 0 spiro atoms. The topological polar surface area (TPSA) is 124 Å². The molecule has 0 aliphatic rings. The lowest BCUT2D eigenvalue weighted by Gasteiger charge is -2.28. The molecule has 190 valence electrons. The molecule has 2 aromatic heterocycles. The van der Waals surface area contributed by atoms with Gasteiger partial charge in [-0.15, -0.1) is 5.10 Å². The molecule has 0 saturated heterocycles. The Morgan fingerprint density at radius 2 is 2.00 bits per heavy atom. The third-order valence-electron chi connectivity index (χ3n) is 5.17. The van der Waals surface area contributed by atoms with Crippen LogP contribution in [0, 0.1) is 5.82 Å². The molecular formula is C21H23F4N5O5. The molecule has 10 nitrogen and oxygen atoms in total. The quantitative estimate of drug-likeness (QED) is 0.303. The Hall–Kier alpha value is -3.52. The minimum Gasteiger partial charge on any atom is -0.484 e. The minimum atomic E-state index is -4.49. The van der Waals surface area contributed by atoms with Crippen molar-refractivity contribution < 1.29 is 32.1 Å². The summed E-state index contributed by atoms with van der Waals surface area (Å²) in [5.41, 5.74) is -2.51. The van der Waals surface area contributed by atoms with E-state index in [4.69, 9.17) is 9.47 Å². The molecule has 0 amide bonds. The number of hydrogen-bond donors (Lipinski definition) is 2. The number of ether oxygens (including phenoxy) is 2. The highest BCUT2D eigenvalue weighted by Gasteiger charge is 2.31. The van der Waals surface area contributed by atoms with Gasteiger partial charge in [-0.1, -0.05) is 24.3 Å². The number of benzene rings is 1. The van der Waals surface area contributed by atoms with Crippen LogP contribution >= 0.6 is 0 Å². The highest BCUT2D eigenvalue weighted by atomic mass is 19.4. The van der Waals surface area contributed by atoms with Crippen LogP contribution in [0.1, 0.15) is 24.6 Å². The SMILES string of the molecule is CC[C@@](O)(Cn1nncc1CCOCn1cc(F)c(=O)[nH]c1=O)c1cccc(OCC(F)(F)F)c1. The van der Waals surface area contributed by atoms with Gasteiger partial charge in [-0.2, -0.15) is 17.6 Å². The fraction of sp³-hybridized carbons (Fsp3) is 0.429. The van der Waals surface area contributed by atoms with E-state index in [-0.39, 0.29) is 38.5 Å². The molecule has 14 heteroatoms. The number of nitrogens with zero attached hydrogens (tertiary/aromatic N) is 4. The number of alkyl halides is 3. The molecule has 1 atom stereocenters. The van der Waals surface area contributed by atoms with Gasteiger partial charge in [0.15, 0.2) is 6.61 Å². The lowest BCUT2D eigenvalue weighted by molar-refractivity contribution is -0.153. The van der Waals surface area contributed by atoms with Crippen LogP contribution in [-0.2, 0) is 30.0 Å². The summed E-state index contributed by atoms with van der Waals surface area (Å²) in [5.74, 6) is -1.16. The van der Waals surface area contributed by atoms with Crippen LogP contribution in [-0.4, -0.2) is 49.0 Å². The molecule has 35 heavy (non-hydrogen) atoms. The van der Waals surface area contributed by atoms with Gasteiger partial charge >= 0.3 is 11.9 Å². The minimum absolute atomic E-state index is 0.0344. The number of aromatic amines is 1. The van der Waals surface area contributed by atoms with Crippen LogP contribution in [0.4, 0.5) is 17.6 Å². The average Bonchev–Trinajstić information content (AvgIpc) is 3.24. The summed E-state index contributed by atoms with van der Waals surface area (Å²) in [4.78, 5) is 24.5. The molecule has 0 saturated carbocycles. The van der Waals surface area contributed by atoms with Crippen molar-refractivity contribution in [3.8, 4) is 5.75 Å². The van der Waals surface area contributed by atoms with E-state index in [1.165, 1.54) is 29.1 Å². The third-order valence-corrected chi connectivity index (χ3v) is 5.17. The summed E-state index contributed by atoms with van der Waals surface area (Å²) in [6.07, 6.45) is -1.82. The molecule has 0 bridgehead atoms. The molecular weight excluding hydrogens is 478 g/mol. The number of aliphatic hydroxyl groups is 1. The lowest BCUT2D eigenvalue weighted by Crippen LogP contribution is -2.32. The molecule has 2 heterocycles. The van der Waals surface area contributed by atoms with Crippen molar-refractivity contribution in [3.05, 3.63) is 74.6 Å². The Morgan fingerprint density at radius 1 is 1.23 bits per heavy atom. The van der Waals surface area contributed by atoms with Gasteiger partial charge in [-0.05, 0) is 24.1 Å². The molecule has 0 aliphatic heterocycles. The zero-order chi connectivity index (χ0) is 25.6. The summed E-state index contributed by atoms with van der Waals surface area (Å²) >= 11 is 0. The molecule has 1 aromatic carbocycles. The number of H-pyrrole nitrogens is 1. The Balaban J connectivity index is 1.64. The van der Waals surface area contributed by atoms with Gasteiger partial charge in [-0.25, -0.2) is 9.48 Å². The van der Waals surface area contributed by atoms with Crippen molar-refractivity contribution in [1.82, 2.24) is 24.5 Å². The van der Waals surface area contributed by atoms with Gasteiger partial charge in [0.25, 0.3) is 5.56 Å². The summed E-state index contributed by atoms with van der Waals surface area (Å²) in [6.45, 7) is -0.0220. The van der Waals surface area contributed by atoms with Gasteiger partial charge in [0.1, 0.15) is 18.1 Å². The Kier molecular flexibility index (Phi) is 8.07. The summed E-state index contributed by atoms with van der Waals surface area (Å²) in [5, 5.41) is 19.0. The van der Waals surface area contributed by atoms with Gasteiger partial charge in [0.2, 0.25) is 5.82 Å². The first-order chi connectivity index (χ1) is 16.5. The zero-order valence-corrected chi connectivity index (χ0v) is 18.6. The van der Waals surface area contributed by atoms with E-state index < -0.39 is 35.5 Å². The molecule has 2 N–H and O–H groups in total. The van der Waals surface area contributed by atoms with Crippen molar-refractivity contribution in [2.75, 3.05) is 13.2 Å². The maximum absolute atomic E-state index is 13.3. The standard InChI is InChI=1S/C21H23F4N5O5/c1-2-20(33,14-4-3-5-16(8-14)35-12-21(23,24)25)11-30-15(9-26-28-30)6-7-34-13-29-10-17(22)18(31)27-19(29)32/h3-5,8-10,33H,2,6-7,11-13H2,1H3,(H,27,31,32)/t20-/m1/s1. The first-order valence-electron chi connectivity index (χ1n) is 10.5. The van der Waals surface area contributed by atoms with Crippen LogP contribution in [0.15, 0.2) is 46.2 Å². The lowest BCUT2D eigenvalue weighted by atomic mass is 9.91. The number of hydrogen-bond acceptors (Lipinski definition) is 7. The predicted octanol–water partition coefficient (Wildman–Crippen LogP) is 1.72. The maximum atomic E-state index is 13.3. The van der Waals surface area contributed by atoms with Crippen molar-refractivity contribution in [2.24, 2.45) is 0 Å². The normalized spacial score (nSPS) is 13.5. The molecule has 0 aliphatic carbocycles. The largest absolute Gasteiger partial charge is 0.484 e. The molecule has 0 fully saturated rings. The van der Waals surface area contributed by atoms with E-state index >= 15 is 0 Å². The molecule has 0 radical (unpaired) electrons. The number of rotatable bonds is 11. The summed E-state index contributed by atoms with van der Waals surface area (Å²) < 4.78 is 63.2. The van der Waals surface area contributed by atoms with Crippen molar-refractivity contribution in [2.45, 2.75) is 44.8 Å². The van der Waals surface area contributed by atoms with Gasteiger partial charge < -0.3 is 14.6 Å². The second kappa shape index (κ2) is 10.8. The first-order valence-corrected chi connectivity index (χ1v) is 10.5. The van der Waals surface area contributed by atoms with Gasteiger partial charge in [-0.3, -0.25) is 14.3 Å². The summed E-state index contributed by atoms with van der Waals surface area (Å²) in [6, 6.07) is 5.77. The molecule has 3 rings (SSSR count). The van der Waals surface area contributed by atoms with Crippen LogP contribution in [0.5, 0.6) is 5.75 Å². The highest BCUT2D eigenvalue weighted by Crippen LogP contribution is 2.30. The van der Waals surface area contributed by atoms with Crippen LogP contribution in [0.25, 0.3) is 0 Å². The van der Waals surface area contributed by atoms with Crippen LogP contribution in [0.3, 0.4) is 0 Å².